The van der Waals surface area contributed by atoms with E-state index < -0.39 is 5.91 Å². The van der Waals surface area contributed by atoms with Gasteiger partial charge in [-0.05, 0) is 42.3 Å². The van der Waals surface area contributed by atoms with Crippen LogP contribution in [0.15, 0.2) is 47.6 Å². The Bertz CT molecular complexity index is 711. The zero-order chi connectivity index (χ0) is 17.4. The molecule has 2 aromatic rings. The number of amides is 1. The molecule has 0 bridgehead atoms. The van der Waals surface area contributed by atoms with Crippen LogP contribution in [0, 0.1) is 0 Å². The maximum absolute atomic E-state index is 11.7. The van der Waals surface area contributed by atoms with Gasteiger partial charge in [0.15, 0.2) is 6.61 Å². The van der Waals surface area contributed by atoms with Gasteiger partial charge in [0, 0.05) is 5.56 Å². The lowest BCUT2D eigenvalue weighted by atomic mass is 10.2. The fraction of sp³-hybridized carbons (Fsp3) is 0.222. The van der Waals surface area contributed by atoms with E-state index in [-0.39, 0.29) is 12.4 Å². The number of hydrogen-bond acceptors (Lipinski definition) is 5. The Morgan fingerprint density at radius 2 is 1.92 bits per heavy atom. The molecule has 0 aliphatic rings. The summed E-state index contributed by atoms with van der Waals surface area (Å²) >= 11 is 0. The number of phenolic OH excluding ortho intramolecular Hbond substituents is 1. The van der Waals surface area contributed by atoms with E-state index in [0.717, 1.165) is 6.42 Å². The molecule has 0 saturated heterocycles. The highest BCUT2D eigenvalue weighted by atomic mass is 16.5. The summed E-state index contributed by atoms with van der Waals surface area (Å²) < 4.78 is 10.4. The number of nitrogens with one attached hydrogen (secondary N) is 1. The van der Waals surface area contributed by atoms with Crippen LogP contribution in [0.2, 0.25) is 0 Å². The number of hydrogen-bond donors (Lipinski definition) is 2. The molecule has 6 nitrogen and oxygen atoms in total. The standard InChI is InChI=1S/C18H20N2O4/c1-3-13-4-6-15(7-5-13)24-12-18(22)20-19-11-14-10-16(23-2)8-9-17(14)21/h4-11,21H,3,12H2,1-2H3,(H,20,22). The van der Waals surface area contributed by atoms with E-state index >= 15 is 0 Å². The summed E-state index contributed by atoms with van der Waals surface area (Å²) in [5, 5.41) is 13.5. The summed E-state index contributed by atoms with van der Waals surface area (Å²) in [6.07, 6.45) is 2.29. The van der Waals surface area contributed by atoms with Crippen LogP contribution in [-0.2, 0) is 11.2 Å². The van der Waals surface area contributed by atoms with Crippen LogP contribution in [0.4, 0.5) is 0 Å². The van der Waals surface area contributed by atoms with Crippen molar-refractivity contribution < 1.29 is 19.4 Å². The minimum atomic E-state index is -0.395. The summed E-state index contributed by atoms with van der Waals surface area (Å²) in [6.45, 7) is 1.92. The van der Waals surface area contributed by atoms with Crippen molar-refractivity contribution in [1.29, 1.82) is 0 Å². The van der Waals surface area contributed by atoms with Gasteiger partial charge in [-0.3, -0.25) is 4.79 Å². The number of phenols is 1. The Morgan fingerprint density at radius 1 is 1.21 bits per heavy atom. The maximum Gasteiger partial charge on any atom is 0.277 e. The molecule has 0 heterocycles. The van der Waals surface area contributed by atoms with Crippen LogP contribution in [0.3, 0.4) is 0 Å². The number of nitrogens with zero attached hydrogens (tertiary/aromatic N) is 1. The molecular weight excluding hydrogens is 308 g/mol. The Labute approximate surface area is 140 Å². The molecule has 0 aliphatic carbocycles. The minimum absolute atomic E-state index is 0.0427. The quantitative estimate of drug-likeness (QED) is 0.604. The number of carbonyl (C=O) groups is 1. The zero-order valence-corrected chi connectivity index (χ0v) is 13.7. The number of ether oxygens (including phenoxy) is 2. The van der Waals surface area contributed by atoms with Crippen LogP contribution in [0.25, 0.3) is 0 Å². The van der Waals surface area contributed by atoms with Crippen LogP contribution < -0.4 is 14.9 Å². The van der Waals surface area contributed by atoms with Crippen molar-refractivity contribution in [2.75, 3.05) is 13.7 Å². The minimum Gasteiger partial charge on any atom is -0.507 e. The lowest BCUT2D eigenvalue weighted by Crippen LogP contribution is -2.24. The van der Waals surface area contributed by atoms with E-state index in [1.165, 1.54) is 25.0 Å². The summed E-state index contributed by atoms with van der Waals surface area (Å²) in [7, 11) is 1.53. The number of carbonyl (C=O) groups excluding carboxylic acids is 1. The van der Waals surface area contributed by atoms with Gasteiger partial charge in [0.05, 0.1) is 13.3 Å². The lowest BCUT2D eigenvalue weighted by Gasteiger charge is -2.06. The third-order valence-corrected chi connectivity index (χ3v) is 3.33. The van der Waals surface area contributed by atoms with Crippen molar-refractivity contribution >= 4 is 12.1 Å². The van der Waals surface area contributed by atoms with Gasteiger partial charge in [-0.25, -0.2) is 5.43 Å². The van der Waals surface area contributed by atoms with Crippen molar-refractivity contribution in [3.63, 3.8) is 0 Å². The Hall–Kier alpha value is -3.02. The largest absolute Gasteiger partial charge is 0.507 e. The van der Waals surface area contributed by atoms with Gasteiger partial charge < -0.3 is 14.6 Å². The highest BCUT2D eigenvalue weighted by Crippen LogP contribution is 2.20. The van der Waals surface area contributed by atoms with E-state index in [1.807, 2.05) is 24.3 Å². The smallest absolute Gasteiger partial charge is 0.277 e. The number of hydrazone groups is 1. The topological polar surface area (TPSA) is 80.2 Å². The number of methoxy groups -OCH3 is 1. The second-order valence-electron chi connectivity index (χ2n) is 5.00. The van der Waals surface area contributed by atoms with Crippen LogP contribution in [-0.4, -0.2) is 30.9 Å². The molecule has 0 aromatic heterocycles. The molecule has 126 valence electrons. The fourth-order valence-electron chi connectivity index (χ4n) is 1.94. The van der Waals surface area contributed by atoms with Crippen molar-refractivity contribution in [2.45, 2.75) is 13.3 Å². The van der Waals surface area contributed by atoms with Gasteiger partial charge in [0.25, 0.3) is 5.91 Å². The number of aromatic hydroxyl groups is 1. The first kappa shape index (κ1) is 17.3. The fourth-order valence-corrected chi connectivity index (χ4v) is 1.94. The average molecular weight is 328 g/mol. The Balaban J connectivity index is 1.84. The molecular formula is C18H20N2O4. The highest BCUT2D eigenvalue weighted by molar-refractivity contribution is 5.85. The van der Waals surface area contributed by atoms with Crippen molar-refractivity contribution in [3.8, 4) is 17.2 Å². The normalized spacial score (nSPS) is 10.6. The SMILES string of the molecule is CCc1ccc(OCC(=O)NN=Cc2cc(OC)ccc2O)cc1. The summed E-state index contributed by atoms with van der Waals surface area (Å²) in [6, 6.07) is 12.3. The van der Waals surface area contributed by atoms with Crippen molar-refractivity contribution in [2.24, 2.45) is 5.10 Å². The molecule has 0 spiro atoms. The Kier molecular flexibility index (Phi) is 6.19. The monoisotopic (exact) mass is 328 g/mol. The predicted molar refractivity (Wildman–Crippen MR) is 91.7 cm³/mol. The van der Waals surface area contributed by atoms with E-state index in [9.17, 15) is 9.90 Å². The average Bonchev–Trinajstić information content (AvgIpc) is 2.62. The van der Waals surface area contributed by atoms with Crippen LogP contribution >= 0.6 is 0 Å². The van der Waals surface area contributed by atoms with Crippen LogP contribution in [0.5, 0.6) is 17.2 Å². The second kappa shape index (κ2) is 8.57. The number of aryl methyl sites for hydroxylation is 1. The van der Waals surface area contributed by atoms with E-state index in [4.69, 9.17) is 9.47 Å². The molecule has 2 N–H and O–H groups in total. The molecule has 1 amide bonds. The van der Waals surface area contributed by atoms with Gasteiger partial charge in [-0.15, -0.1) is 0 Å². The Morgan fingerprint density at radius 3 is 2.58 bits per heavy atom. The van der Waals surface area contributed by atoms with Gasteiger partial charge in [0.2, 0.25) is 0 Å². The van der Waals surface area contributed by atoms with Crippen molar-refractivity contribution in [3.05, 3.63) is 53.6 Å². The third-order valence-electron chi connectivity index (χ3n) is 3.33. The van der Waals surface area contributed by atoms with Crippen molar-refractivity contribution in [1.82, 2.24) is 5.43 Å². The maximum atomic E-state index is 11.7. The molecule has 0 atom stereocenters. The molecule has 0 aliphatic heterocycles. The first-order chi connectivity index (χ1) is 11.6. The molecule has 2 aromatic carbocycles. The summed E-state index contributed by atoms with van der Waals surface area (Å²) in [4.78, 5) is 11.7. The molecule has 6 heteroatoms. The van der Waals surface area contributed by atoms with Gasteiger partial charge in [0.1, 0.15) is 17.2 Å². The first-order valence-electron chi connectivity index (χ1n) is 7.53. The number of rotatable bonds is 7. The van der Waals surface area contributed by atoms with Crippen LogP contribution in [0.1, 0.15) is 18.1 Å². The molecule has 2 rings (SSSR count). The lowest BCUT2D eigenvalue weighted by molar-refractivity contribution is -0.123. The molecule has 0 radical (unpaired) electrons. The van der Waals surface area contributed by atoms with E-state index in [1.54, 1.807) is 12.1 Å². The third kappa shape index (κ3) is 5.01. The molecule has 0 unspecified atom stereocenters. The highest BCUT2D eigenvalue weighted by Gasteiger charge is 2.03. The molecule has 0 saturated carbocycles. The van der Waals surface area contributed by atoms with Gasteiger partial charge in [-0.1, -0.05) is 19.1 Å². The molecule has 24 heavy (non-hydrogen) atoms. The number of benzene rings is 2. The van der Waals surface area contributed by atoms with E-state index in [0.29, 0.717) is 17.1 Å². The second-order valence-corrected chi connectivity index (χ2v) is 5.00. The van der Waals surface area contributed by atoms with Gasteiger partial charge in [-0.2, -0.15) is 5.10 Å². The predicted octanol–water partition coefficient (Wildman–Crippen LogP) is 2.49. The van der Waals surface area contributed by atoms with E-state index in [2.05, 4.69) is 17.5 Å². The van der Waals surface area contributed by atoms with Gasteiger partial charge >= 0.3 is 0 Å². The first-order valence-corrected chi connectivity index (χ1v) is 7.53. The zero-order valence-electron chi connectivity index (χ0n) is 13.7. The molecule has 0 fully saturated rings. The summed E-state index contributed by atoms with van der Waals surface area (Å²) in [5.74, 6) is 0.852. The summed E-state index contributed by atoms with van der Waals surface area (Å²) in [5.41, 5.74) is 3.98.